The first-order chi connectivity index (χ1) is 20.2. The molecule has 2 heterocycles. The Morgan fingerprint density at radius 1 is 1.00 bits per heavy atom. The molecular weight excluding hydrogens is 570 g/mol. The van der Waals surface area contributed by atoms with E-state index < -0.39 is 35.7 Å². The quantitative estimate of drug-likeness (QED) is 0.248. The highest BCUT2D eigenvalue weighted by Gasteiger charge is 2.44. The molecule has 4 rings (SSSR count). The van der Waals surface area contributed by atoms with Crippen molar-refractivity contribution in [3.63, 3.8) is 0 Å². The molecule has 0 spiro atoms. The highest BCUT2D eigenvalue weighted by Crippen LogP contribution is 2.31. The normalized spacial score (nSPS) is 16.6. The van der Waals surface area contributed by atoms with Crippen molar-refractivity contribution in [3.8, 4) is 0 Å². The fraction of sp³-hybridized carbons (Fsp3) is 0.452. The number of benzene rings is 2. The molecule has 2 aromatic carbocycles. The second-order valence-electron chi connectivity index (χ2n) is 9.92. The number of esters is 2. The molecule has 1 aromatic heterocycles. The minimum absolute atomic E-state index is 0.0792. The molecule has 1 N–H and O–H groups in total. The van der Waals surface area contributed by atoms with Gasteiger partial charge in [0, 0.05) is 19.3 Å². The summed E-state index contributed by atoms with van der Waals surface area (Å²) in [5.41, 5.74) is 0.545. The molecule has 12 heteroatoms. The van der Waals surface area contributed by atoms with Crippen molar-refractivity contribution in [1.29, 1.82) is 0 Å². The van der Waals surface area contributed by atoms with Crippen molar-refractivity contribution in [2.45, 2.75) is 84.7 Å². The van der Waals surface area contributed by atoms with Gasteiger partial charge in [0.25, 0.3) is 0 Å². The zero-order chi connectivity index (χ0) is 32.6. The first-order valence-electron chi connectivity index (χ1n) is 13.8. The molecular formula is C31H39F4N3O5. The van der Waals surface area contributed by atoms with E-state index in [0.717, 1.165) is 11.0 Å². The lowest BCUT2D eigenvalue weighted by Gasteiger charge is -2.26. The topological polar surface area (TPSA) is 107 Å². The van der Waals surface area contributed by atoms with Crippen LogP contribution in [0.1, 0.15) is 60.8 Å². The van der Waals surface area contributed by atoms with Crippen LogP contribution in [0.3, 0.4) is 0 Å². The van der Waals surface area contributed by atoms with Crippen LogP contribution in [0.4, 0.5) is 17.6 Å². The van der Waals surface area contributed by atoms with Crippen LogP contribution in [0, 0.1) is 11.7 Å². The minimum atomic E-state index is -5.05. The number of halogens is 4. The van der Waals surface area contributed by atoms with Crippen LogP contribution in [0.2, 0.25) is 0 Å². The predicted molar refractivity (Wildman–Crippen MR) is 154 cm³/mol. The molecule has 1 aliphatic rings. The number of alkyl halides is 3. The van der Waals surface area contributed by atoms with E-state index in [0.29, 0.717) is 6.42 Å². The third kappa shape index (κ3) is 14.1. The summed E-state index contributed by atoms with van der Waals surface area (Å²) in [7, 11) is 0. The highest BCUT2D eigenvalue weighted by atomic mass is 19.4. The SMILES string of the molecule is CC.CC(=O)NC(C)[C@@H]1C[C@@H](CCC(C)(C)OC(=O)C(F)(F)F)C(=O)O1.Fc1ccccc1.c1ccc2nccnc2c1. The lowest BCUT2D eigenvalue weighted by atomic mass is 9.91. The summed E-state index contributed by atoms with van der Waals surface area (Å²) in [5.74, 6) is -3.64. The van der Waals surface area contributed by atoms with E-state index in [-0.39, 0.29) is 30.6 Å². The number of cyclic esters (lactones) is 1. The molecule has 8 nitrogen and oxygen atoms in total. The Morgan fingerprint density at radius 2 is 1.51 bits per heavy atom. The Labute approximate surface area is 249 Å². The van der Waals surface area contributed by atoms with Gasteiger partial charge in [-0.25, -0.2) is 9.18 Å². The number of aromatic nitrogens is 2. The van der Waals surface area contributed by atoms with Gasteiger partial charge in [0.15, 0.2) is 0 Å². The molecule has 1 unspecified atom stereocenters. The van der Waals surface area contributed by atoms with E-state index in [2.05, 4.69) is 20.0 Å². The number of hydrogen-bond donors (Lipinski definition) is 1. The van der Waals surface area contributed by atoms with Crippen molar-refractivity contribution < 1.29 is 41.4 Å². The maximum Gasteiger partial charge on any atom is 0.490 e. The molecule has 1 fully saturated rings. The summed E-state index contributed by atoms with van der Waals surface area (Å²) in [6.45, 7) is 9.77. The summed E-state index contributed by atoms with van der Waals surface area (Å²) in [4.78, 5) is 42.0. The van der Waals surface area contributed by atoms with Crippen LogP contribution in [-0.2, 0) is 23.9 Å². The number of ether oxygens (including phenoxy) is 2. The van der Waals surface area contributed by atoms with E-state index in [1.807, 2.05) is 38.1 Å². The summed E-state index contributed by atoms with van der Waals surface area (Å²) in [6.07, 6.45) is -1.49. The third-order valence-corrected chi connectivity index (χ3v) is 5.91. The van der Waals surface area contributed by atoms with Crippen molar-refractivity contribution in [1.82, 2.24) is 15.3 Å². The van der Waals surface area contributed by atoms with Gasteiger partial charge in [-0.1, -0.05) is 44.2 Å². The first kappa shape index (κ1) is 36.9. The Hall–Kier alpha value is -4.09. The van der Waals surface area contributed by atoms with Gasteiger partial charge in [-0.3, -0.25) is 19.6 Å². The fourth-order valence-electron chi connectivity index (χ4n) is 3.83. The fourth-order valence-corrected chi connectivity index (χ4v) is 3.83. The number of nitrogens with one attached hydrogen (secondary N) is 1. The van der Waals surface area contributed by atoms with Crippen molar-refractivity contribution in [2.24, 2.45) is 5.92 Å². The second-order valence-corrected chi connectivity index (χ2v) is 9.92. The lowest BCUT2D eigenvalue weighted by Crippen LogP contribution is -2.39. The van der Waals surface area contributed by atoms with Crippen LogP contribution in [0.25, 0.3) is 11.0 Å². The molecule has 0 bridgehead atoms. The Balaban J connectivity index is 0.000000390. The molecule has 3 aromatic rings. The van der Waals surface area contributed by atoms with Crippen LogP contribution >= 0.6 is 0 Å². The van der Waals surface area contributed by atoms with E-state index in [1.54, 1.807) is 37.5 Å². The molecule has 1 saturated heterocycles. The minimum Gasteiger partial charge on any atom is -0.460 e. The first-order valence-corrected chi connectivity index (χ1v) is 13.8. The number of hydrogen-bond acceptors (Lipinski definition) is 7. The molecule has 0 aliphatic carbocycles. The van der Waals surface area contributed by atoms with Gasteiger partial charge >= 0.3 is 18.1 Å². The zero-order valence-electron chi connectivity index (χ0n) is 25.2. The number of amides is 1. The van der Waals surface area contributed by atoms with Gasteiger partial charge in [-0.05, 0) is 64.3 Å². The molecule has 1 amide bonds. The number of carbonyl (C=O) groups excluding carboxylic acids is 3. The van der Waals surface area contributed by atoms with E-state index >= 15 is 0 Å². The maximum absolute atomic E-state index is 12.2. The Kier molecular flexibility index (Phi) is 15.3. The number of nitrogens with zero attached hydrogens (tertiary/aromatic N) is 2. The Morgan fingerprint density at radius 3 is 1.95 bits per heavy atom. The lowest BCUT2D eigenvalue weighted by molar-refractivity contribution is -0.212. The average Bonchev–Trinajstić information content (AvgIpc) is 3.34. The van der Waals surface area contributed by atoms with Gasteiger partial charge < -0.3 is 14.8 Å². The largest absolute Gasteiger partial charge is 0.490 e. The maximum atomic E-state index is 12.2. The zero-order valence-corrected chi connectivity index (χ0v) is 25.2. The number of para-hydroxylation sites is 2. The van der Waals surface area contributed by atoms with Gasteiger partial charge in [-0.2, -0.15) is 13.2 Å². The van der Waals surface area contributed by atoms with Crippen molar-refractivity contribution in [2.75, 3.05) is 0 Å². The van der Waals surface area contributed by atoms with Crippen molar-refractivity contribution in [3.05, 3.63) is 72.8 Å². The smallest absolute Gasteiger partial charge is 0.460 e. The summed E-state index contributed by atoms with van der Waals surface area (Å²) < 4.78 is 58.3. The average molecular weight is 610 g/mol. The second kappa shape index (κ2) is 17.8. The summed E-state index contributed by atoms with van der Waals surface area (Å²) >= 11 is 0. The molecule has 0 radical (unpaired) electrons. The van der Waals surface area contributed by atoms with Crippen LogP contribution in [-0.4, -0.2) is 51.7 Å². The van der Waals surface area contributed by atoms with Gasteiger partial charge in [0.2, 0.25) is 5.91 Å². The van der Waals surface area contributed by atoms with Gasteiger partial charge in [-0.15, -0.1) is 0 Å². The van der Waals surface area contributed by atoms with Gasteiger partial charge in [0.05, 0.1) is 23.0 Å². The Bertz CT molecular complexity index is 1220. The molecule has 1 aliphatic heterocycles. The molecule has 236 valence electrons. The number of rotatable bonds is 6. The van der Waals surface area contributed by atoms with Crippen LogP contribution in [0.15, 0.2) is 67.0 Å². The van der Waals surface area contributed by atoms with E-state index in [9.17, 15) is 31.9 Å². The standard InChI is InChI=1S/C15H22F3NO5.C8H6N2.C6H5F.C2H6/c1-8(19-9(2)20)11-7-10(12(21)23-11)5-6-14(3,4)24-13(22)15(16,17)18;1-2-4-8-7(3-1)9-5-6-10-8;7-6-4-2-1-3-5-6;1-2/h8,10-11H,5-7H2,1-4H3,(H,19,20);1-6H;1-5H;1-2H3/t8?,10-,11+;;;/m1.../s1. The van der Waals surface area contributed by atoms with Gasteiger partial charge in [0.1, 0.15) is 17.5 Å². The van der Waals surface area contributed by atoms with Crippen molar-refractivity contribution >= 4 is 28.9 Å². The van der Waals surface area contributed by atoms with E-state index in [1.165, 1.54) is 32.9 Å². The molecule has 3 atom stereocenters. The molecule has 43 heavy (non-hydrogen) atoms. The number of fused-ring (bicyclic) bond motifs is 1. The third-order valence-electron chi connectivity index (χ3n) is 5.91. The number of carbonyl (C=O) groups is 3. The highest BCUT2D eigenvalue weighted by molar-refractivity contribution is 5.77. The monoisotopic (exact) mass is 609 g/mol. The van der Waals surface area contributed by atoms with E-state index in [4.69, 9.17) is 4.74 Å². The van der Waals surface area contributed by atoms with Crippen LogP contribution < -0.4 is 5.32 Å². The predicted octanol–water partition coefficient (Wildman–Crippen LogP) is 6.59. The summed E-state index contributed by atoms with van der Waals surface area (Å²) in [5, 5.41) is 2.63. The van der Waals surface area contributed by atoms with Crippen LogP contribution in [0.5, 0.6) is 0 Å². The molecule has 0 saturated carbocycles. The summed E-state index contributed by atoms with van der Waals surface area (Å²) in [6, 6.07) is 15.4.